The van der Waals surface area contributed by atoms with Gasteiger partial charge in [-0.15, -0.1) is 0 Å². The van der Waals surface area contributed by atoms with Gasteiger partial charge in [-0.1, -0.05) is 35.9 Å². The van der Waals surface area contributed by atoms with Crippen molar-refractivity contribution in [3.05, 3.63) is 59.1 Å². The SMILES string of the molecule is C[C@@H]1CC(=O)Nc2ccccc2N1C(=O)CN(C)Cc1ccc(Cl)cc1. The number of likely N-dealkylation sites (N-methyl/N-ethyl adjacent to an activating group) is 1. The zero-order chi connectivity index (χ0) is 18.7. The monoisotopic (exact) mass is 371 g/mol. The van der Waals surface area contributed by atoms with Crippen LogP contribution in [0.2, 0.25) is 5.02 Å². The molecule has 5 nitrogen and oxygen atoms in total. The first-order valence-electron chi connectivity index (χ1n) is 8.58. The Morgan fingerprint density at radius 2 is 1.92 bits per heavy atom. The molecule has 0 saturated heterocycles. The fourth-order valence-corrected chi connectivity index (χ4v) is 3.36. The standard InChI is InChI=1S/C20H22ClN3O2/c1-14-11-19(25)22-17-5-3-4-6-18(17)24(14)20(26)13-23(2)12-15-7-9-16(21)10-8-15/h3-10,14H,11-13H2,1-2H3,(H,22,25)/t14-/m1/s1. The number of nitrogens with one attached hydrogen (secondary N) is 1. The minimum Gasteiger partial charge on any atom is -0.324 e. The Labute approximate surface area is 158 Å². The number of carbonyl (C=O) groups excluding carboxylic acids is 2. The summed E-state index contributed by atoms with van der Waals surface area (Å²) in [6.45, 7) is 2.80. The molecule has 26 heavy (non-hydrogen) atoms. The molecule has 0 radical (unpaired) electrons. The number of amides is 2. The lowest BCUT2D eigenvalue weighted by molar-refractivity contribution is -0.120. The minimum atomic E-state index is -0.199. The van der Waals surface area contributed by atoms with E-state index in [1.54, 1.807) is 4.90 Å². The van der Waals surface area contributed by atoms with E-state index in [-0.39, 0.29) is 30.8 Å². The Morgan fingerprint density at radius 1 is 1.23 bits per heavy atom. The molecule has 0 bridgehead atoms. The van der Waals surface area contributed by atoms with Crippen LogP contribution in [0.5, 0.6) is 0 Å². The van der Waals surface area contributed by atoms with Crippen LogP contribution in [0.25, 0.3) is 0 Å². The van der Waals surface area contributed by atoms with Crippen molar-refractivity contribution in [2.24, 2.45) is 0 Å². The van der Waals surface area contributed by atoms with E-state index in [0.29, 0.717) is 17.3 Å². The molecule has 0 aromatic heterocycles. The van der Waals surface area contributed by atoms with E-state index < -0.39 is 0 Å². The van der Waals surface area contributed by atoms with Crippen molar-refractivity contribution < 1.29 is 9.59 Å². The lowest BCUT2D eigenvalue weighted by atomic mass is 10.1. The summed E-state index contributed by atoms with van der Waals surface area (Å²) in [6.07, 6.45) is 0.279. The quantitative estimate of drug-likeness (QED) is 0.894. The van der Waals surface area contributed by atoms with Crippen LogP contribution in [-0.4, -0.2) is 36.3 Å². The van der Waals surface area contributed by atoms with Crippen molar-refractivity contribution >= 4 is 34.8 Å². The number of anilines is 2. The van der Waals surface area contributed by atoms with Gasteiger partial charge in [0.2, 0.25) is 11.8 Å². The van der Waals surface area contributed by atoms with Gasteiger partial charge in [-0.05, 0) is 43.8 Å². The number of halogens is 1. The predicted octanol–water partition coefficient (Wildman–Crippen LogP) is 3.54. The maximum Gasteiger partial charge on any atom is 0.241 e. The summed E-state index contributed by atoms with van der Waals surface area (Å²) in [4.78, 5) is 28.7. The second-order valence-corrected chi connectivity index (χ2v) is 7.12. The fraction of sp³-hybridized carbons (Fsp3) is 0.300. The highest BCUT2D eigenvalue weighted by atomic mass is 35.5. The van der Waals surface area contributed by atoms with Crippen LogP contribution in [-0.2, 0) is 16.1 Å². The van der Waals surface area contributed by atoms with Gasteiger partial charge in [-0.25, -0.2) is 0 Å². The number of nitrogens with zero attached hydrogens (tertiary/aromatic N) is 2. The van der Waals surface area contributed by atoms with Crippen molar-refractivity contribution in [3.8, 4) is 0 Å². The normalized spacial score (nSPS) is 16.8. The molecule has 1 N–H and O–H groups in total. The molecular formula is C20H22ClN3O2. The van der Waals surface area contributed by atoms with Gasteiger partial charge in [-0.3, -0.25) is 14.5 Å². The van der Waals surface area contributed by atoms with Gasteiger partial charge in [0, 0.05) is 24.0 Å². The lowest BCUT2D eigenvalue weighted by Gasteiger charge is -2.29. The number of hydrogen-bond acceptors (Lipinski definition) is 3. The van der Waals surface area contributed by atoms with Gasteiger partial charge in [0.15, 0.2) is 0 Å². The molecule has 1 aliphatic heterocycles. The zero-order valence-corrected chi connectivity index (χ0v) is 15.7. The first-order valence-corrected chi connectivity index (χ1v) is 8.96. The van der Waals surface area contributed by atoms with Gasteiger partial charge in [0.05, 0.1) is 17.9 Å². The molecule has 0 spiro atoms. The van der Waals surface area contributed by atoms with E-state index in [1.807, 2.05) is 67.4 Å². The molecule has 0 fully saturated rings. The molecule has 2 amide bonds. The van der Waals surface area contributed by atoms with Gasteiger partial charge in [0.1, 0.15) is 0 Å². The fourth-order valence-electron chi connectivity index (χ4n) is 3.23. The molecule has 2 aromatic rings. The molecule has 3 rings (SSSR count). The topological polar surface area (TPSA) is 52.7 Å². The summed E-state index contributed by atoms with van der Waals surface area (Å²) >= 11 is 5.92. The van der Waals surface area contributed by atoms with E-state index >= 15 is 0 Å². The van der Waals surface area contributed by atoms with Gasteiger partial charge >= 0.3 is 0 Å². The third-order valence-electron chi connectivity index (χ3n) is 4.40. The van der Waals surface area contributed by atoms with E-state index in [2.05, 4.69) is 5.32 Å². The summed E-state index contributed by atoms with van der Waals surface area (Å²) in [7, 11) is 1.91. The molecule has 1 atom stereocenters. The van der Waals surface area contributed by atoms with E-state index in [0.717, 1.165) is 11.3 Å². The van der Waals surface area contributed by atoms with Crippen LogP contribution in [0.3, 0.4) is 0 Å². The van der Waals surface area contributed by atoms with Crippen molar-refractivity contribution in [3.63, 3.8) is 0 Å². The highest BCUT2D eigenvalue weighted by Crippen LogP contribution is 2.31. The van der Waals surface area contributed by atoms with Crippen LogP contribution in [0.4, 0.5) is 11.4 Å². The van der Waals surface area contributed by atoms with Crippen molar-refractivity contribution in [1.29, 1.82) is 0 Å². The summed E-state index contributed by atoms with van der Waals surface area (Å²) < 4.78 is 0. The van der Waals surface area contributed by atoms with Crippen LogP contribution in [0.1, 0.15) is 18.9 Å². The molecule has 136 valence electrons. The van der Waals surface area contributed by atoms with E-state index in [4.69, 9.17) is 11.6 Å². The van der Waals surface area contributed by atoms with Crippen molar-refractivity contribution in [2.75, 3.05) is 23.8 Å². The Morgan fingerprint density at radius 3 is 2.65 bits per heavy atom. The van der Waals surface area contributed by atoms with Gasteiger partial charge < -0.3 is 10.2 Å². The van der Waals surface area contributed by atoms with Crippen LogP contribution >= 0.6 is 11.6 Å². The summed E-state index contributed by atoms with van der Waals surface area (Å²) in [5.74, 6) is -0.104. The minimum absolute atomic E-state index is 0.0297. The van der Waals surface area contributed by atoms with Crippen LogP contribution in [0.15, 0.2) is 48.5 Å². The predicted molar refractivity (Wildman–Crippen MR) is 104 cm³/mol. The zero-order valence-electron chi connectivity index (χ0n) is 14.9. The number of para-hydroxylation sites is 2. The molecule has 0 unspecified atom stereocenters. The number of benzene rings is 2. The van der Waals surface area contributed by atoms with Gasteiger partial charge in [0.25, 0.3) is 0 Å². The largest absolute Gasteiger partial charge is 0.324 e. The molecule has 1 aliphatic rings. The third-order valence-corrected chi connectivity index (χ3v) is 4.65. The summed E-state index contributed by atoms with van der Waals surface area (Å²) in [6, 6.07) is 14.8. The molecule has 2 aromatic carbocycles. The number of fused-ring (bicyclic) bond motifs is 1. The first kappa shape index (κ1) is 18.4. The van der Waals surface area contributed by atoms with Crippen LogP contribution in [0, 0.1) is 0 Å². The maximum absolute atomic E-state index is 13.0. The number of rotatable bonds is 4. The second kappa shape index (κ2) is 7.89. The molecule has 6 heteroatoms. The summed E-state index contributed by atoms with van der Waals surface area (Å²) in [5.41, 5.74) is 2.51. The van der Waals surface area contributed by atoms with Crippen molar-refractivity contribution in [1.82, 2.24) is 4.90 Å². The molecule has 1 heterocycles. The number of hydrogen-bond donors (Lipinski definition) is 1. The second-order valence-electron chi connectivity index (χ2n) is 6.68. The molecule has 0 aliphatic carbocycles. The average Bonchev–Trinajstić information content (AvgIpc) is 2.71. The van der Waals surface area contributed by atoms with Crippen LogP contribution < -0.4 is 10.2 Å². The lowest BCUT2D eigenvalue weighted by Crippen LogP contribution is -2.44. The Kier molecular flexibility index (Phi) is 5.59. The van der Waals surface area contributed by atoms with E-state index in [9.17, 15) is 9.59 Å². The Hall–Kier alpha value is -2.37. The smallest absolute Gasteiger partial charge is 0.241 e. The summed E-state index contributed by atoms with van der Waals surface area (Å²) in [5, 5.41) is 3.57. The average molecular weight is 372 g/mol. The maximum atomic E-state index is 13.0. The first-order chi connectivity index (χ1) is 12.4. The molecule has 0 saturated carbocycles. The Balaban J connectivity index is 1.75. The number of carbonyl (C=O) groups is 2. The van der Waals surface area contributed by atoms with E-state index in [1.165, 1.54) is 0 Å². The molecular weight excluding hydrogens is 350 g/mol. The Bertz CT molecular complexity index is 807. The highest BCUT2D eigenvalue weighted by molar-refractivity contribution is 6.30. The third kappa shape index (κ3) is 4.23. The highest BCUT2D eigenvalue weighted by Gasteiger charge is 2.29. The van der Waals surface area contributed by atoms with Crippen molar-refractivity contribution in [2.45, 2.75) is 25.9 Å². The van der Waals surface area contributed by atoms with Gasteiger partial charge in [-0.2, -0.15) is 0 Å².